The van der Waals surface area contributed by atoms with Gasteiger partial charge in [0.2, 0.25) is 30.1 Å². The van der Waals surface area contributed by atoms with Crippen molar-refractivity contribution in [1.82, 2.24) is 12.9 Å². The highest BCUT2D eigenvalue weighted by Crippen LogP contribution is 2.36. The maximum Gasteiger partial charge on any atom is 0.256 e. The van der Waals surface area contributed by atoms with Crippen LogP contribution in [0.3, 0.4) is 0 Å². The molecule has 6 aromatic rings. The summed E-state index contributed by atoms with van der Waals surface area (Å²) in [6.07, 6.45) is 10.7. The largest absolute Gasteiger partial charge is 0.393 e. The van der Waals surface area contributed by atoms with Crippen LogP contribution in [0.4, 0.5) is 43.4 Å². The highest BCUT2D eigenvalue weighted by atomic mass is 35.5. The van der Waals surface area contributed by atoms with E-state index in [9.17, 15) is 86.4 Å². The zero-order chi connectivity index (χ0) is 64.1. The molecule has 0 aromatic heterocycles. The lowest BCUT2D eigenvalue weighted by molar-refractivity contribution is -0.0480. The molecule has 3 aliphatic carbocycles. The van der Waals surface area contributed by atoms with Gasteiger partial charge in [0.25, 0.3) is 17.7 Å². The average molecular weight is 1310 g/mol. The Kier molecular flexibility index (Phi) is 18.3. The van der Waals surface area contributed by atoms with Crippen molar-refractivity contribution < 1.29 is 86.4 Å². The third-order valence-electron chi connectivity index (χ3n) is 15.4. The lowest BCUT2D eigenvalue weighted by Gasteiger charge is -2.36. The van der Waals surface area contributed by atoms with Crippen LogP contribution in [0.2, 0.25) is 5.02 Å². The number of anilines is 3. The number of rotatable bonds is 13. The summed E-state index contributed by atoms with van der Waals surface area (Å²) < 4.78 is 161. The third-order valence-corrected chi connectivity index (χ3v) is 21.2. The Morgan fingerprint density at radius 1 is 0.494 bits per heavy atom. The van der Waals surface area contributed by atoms with Gasteiger partial charge in [0.1, 0.15) is 5.82 Å². The summed E-state index contributed by atoms with van der Waals surface area (Å²) in [4.78, 5) is 38.3. The molecule has 0 saturated carbocycles. The molecule has 3 amide bonds. The van der Waals surface area contributed by atoms with E-state index in [1.165, 1.54) is 52.8 Å². The number of fused-ring (bicyclic) bond motifs is 3. The van der Waals surface area contributed by atoms with Crippen molar-refractivity contribution in [3.63, 3.8) is 0 Å². The Morgan fingerprint density at radius 2 is 0.854 bits per heavy atom. The van der Waals surface area contributed by atoms with Crippen molar-refractivity contribution in [2.24, 2.45) is 0 Å². The minimum Gasteiger partial charge on any atom is -0.393 e. The van der Waals surface area contributed by atoms with Crippen LogP contribution < -0.4 is 16.0 Å². The van der Waals surface area contributed by atoms with E-state index in [4.69, 9.17) is 11.6 Å². The number of amides is 3. The number of carbonyl (C=O) groups excluding carboxylic acids is 3. The molecule has 19 nitrogen and oxygen atoms in total. The predicted octanol–water partition coefficient (Wildman–Crippen LogP) is 7.25. The number of allylic oxidation sites excluding steroid dienone is 3. The fourth-order valence-electron chi connectivity index (χ4n) is 10.4. The number of aliphatic hydroxyl groups excluding tert-OH is 3. The highest BCUT2D eigenvalue weighted by Gasteiger charge is 2.40. The summed E-state index contributed by atoms with van der Waals surface area (Å²) >= 11 is 5.78. The first-order valence-corrected chi connectivity index (χ1v) is 31.9. The van der Waals surface area contributed by atoms with Crippen LogP contribution in [0.25, 0.3) is 18.2 Å². The van der Waals surface area contributed by atoms with E-state index in [0.717, 1.165) is 26.8 Å². The Morgan fingerprint density at radius 3 is 1.22 bits per heavy atom. The Hall–Kier alpha value is -7.61. The summed E-state index contributed by atoms with van der Waals surface area (Å²) in [5.41, 5.74) is 2.75. The number of nitrogens with one attached hydrogen (secondary N) is 3. The summed E-state index contributed by atoms with van der Waals surface area (Å²) in [6.45, 7) is -0.361. The molecule has 0 spiro atoms. The molecule has 0 unspecified atom stereocenters. The van der Waals surface area contributed by atoms with Crippen molar-refractivity contribution in [2.75, 3.05) is 61.8 Å². The zero-order valence-corrected chi connectivity index (χ0v) is 49.6. The molecule has 89 heavy (non-hydrogen) atoms. The number of nitrogens with zero attached hydrogens (tertiary/aromatic N) is 3. The Labute approximate surface area is 511 Å². The molecule has 3 aliphatic heterocycles. The molecule has 0 atom stereocenters. The van der Waals surface area contributed by atoms with E-state index < -0.39 is 107 Å². The normalized spacial score (nSPS) is 17.1. The van der Waals surface area contributed by atoms with Gasteiger partial charge in [-0.05, 0) is 132 Å². The fourth-order valence-corrected chi connectivity index (χ4v) is 15.3. The summed E-state index contributed by atoms with van der Waals surface area (Å²) in [7, 11) is -11.7. The third kappa shape index (κ3) is 13.5. The number of sulfonamides is 3. The quantitative estimate of drug-likeness (QED) is 0.0444. The second kappa shape index (κ2) is 25.3. The molecule has 12 rings (SSSR count). The molecule has 3 saturated heterocycles. The number of β-amino-alcohol motifs (C(OH)–C–C–N with tert-alkyl or cyclic N) is 2. The molecule has 3 fully saturated rings. The van der Waals surface area contributed by atoms with Gasteiger partial charge >= 0.3 is 0 Å². The van der Waals surface area contributed by atoms with Gasteiger partial charge in [-0.2, -0.15) is 12.9 Å². The standard InChI is InChI=1S/C22H22ClFN2O5S.C19H15F3N2O4S.C19H16F2N2O4S/c23-19-11-15(4-5-20(19)24)25-21(28)18-12-16(10-14-2-1-3-17(14)18)32(30,31)26-8-6-22(29,13-27)7-9-26;20-16-5-11(6-17(21)18(16)22)23-19(26)15-7-13(4-10-2-1-3-14(10)15)29(27,28)24-8-12(25)9-24;20-17-5-4-12(7-18(17)21)22-19(25)16-8-14(6-11-2-1-3-15(11)16)28(26,27)23-9-13(24)10-23/h1,3-5,10-12,27,29H,2,6-9,13H2,(H,25,28);1,3-7,12,25H,2,8-9H2,(H,23,26);1,3-8,13,24H,2,9-10H2,(H,22,25). The molecule has 3 heterocycles. The highest BCUT2D eigenvalue weighted by molar-refractivity contribution is 7.89. The first-order valence-electron chi connectivity index (χ1n) is 27.2. The lowest BCUT2D eigenvalue weighted by atomic mass is 9.94. The first-order chi connectivity index (χ1) is 42.0. The molecular weight excluding hydrogens is 1260 g/mol. The van der Waals surface area contributed by atoms with Gasteiger partial charge in [0.15, 0.2) is 29.1 Å². The fraction of sp³-hybridized carbons (Fsp3) is 0.250. The van der Waals surface area contributed by atoms with Crippen LogP contribution in [-0.2, 0) is 49.3 Å². The summed E-state index contributed by atoms with van der Waals surface area (Å²) in [5.74, 6) is -9.29. The number of piperidine rings is 1. The number of benzene rings is 6. The van der Waals surface area contributed by atoms with E-state index in [1.807, 2.05) is 12.2 Å². The first kappa shape index (κ1) is 64.4. The van der Waals surface area contributed by atoms with Crippen molar-refractivity contribution in [2.45, 2.75) is 64.6 Å². The molecule has 468 valence electrons. The smallest absolute Gasteiger partial charge is 0.256 e. The predicted molar refractivity (Wildman–Crippen MR) is 315 cm³/mol. The molecule has 0 bridgehead atoms. The van der Waals surface area contributed by atoms with E-state index >= 15 is 0 Å². The van der Waals surface area contributed by atoms with Gasteiger partial charge in [0.05, 0.1) is 44.1 Å². The van der Waals surface area contributed by atoms with Crippen molar-refractivity contribution >= 4 is 94.7 Å². The average Bonchev–Trinajstić information content (AvgIpc) is 2.06. The van der Waals surface area contributed by atoms with Crippen LogP contribution in [0.5, 0.6) is 0 Å². The summed E-state index contributed by atoms with van der Waals surface area (Å²) in [6, 6.07) is 16.3. The maximum atomic E-state index is 13.4. The number of carbonyl (C=O) groups is 3. The maximum absolute atomic E-state index is 13.4. The monoisotopic (exact) mass is 1310 g/mol. The number of halogens is 7. The molecule has 29 heteroatoms. The van der Waals surface area contributed by atoms with Crippen molar-refractivity contribution in [3.05, 3.63) is 193 Å². The molecule has 7 N–H and O–H groups in total. The van der Waals surface area contributed by atoms with Crippen LogP contribution in [0.1, 0.15) is 77.3 Å². The van der Waals surface area contributed by atoms with Crippen molar-refractivity contribution in [1.29, 1.82) is 0 Å². The zero-order valence-electron chi connectivity index (χ0n) is 46.4. The molecule has 0 radical (unpaired) electrons. The second-order valence-corrected chi connectivity index (χ2v) is 27.8. The van der Waals surface area contributed by atoms with E-state index in [1.54, 1.807) is 30.4 Å². The number of hydrogen-bond acceptors (Lipinski definition) is 13. The van der Waals surface area contributed by atoms with Gasteiger partial charge < -0.3 is 36.4 Å². The molecule has 6 aliphatic rings. The number of aliphatic hydroxyl groups is 4. The van der Waals surface area contributed by atoms with Crippen LogP contribution in [-0.4, -0.2) is 140 Å². The Balaban J connectivity index is 0.000000147. The van der Waals surface area contributed by atoms with Crippen LogP contribution in [0, 0.1) is 34.9 Å². The minimum absolute atomic E-state index is 0.000961. The number of hydrogen-bond donors (Lipinski definition) is 7. The van der Waals surface area contributed by atoms with Crippen LogP contribution >= 0.6 is 11.6 Å². The lowest BCUT2D eigenvalue weighted by Crippen LogP contribution is -2.53. The van der Waals surface area contributed by atoms with Crippen molar-refractivity contribution in [3.8, 4) is 0 Å². The topological polar surface area (TPSA) is 280 Å². The minimum atomic E-state index is -3.92. The van der Waals surface area contributed by atoms with Gasteiger partial charge in [-0.3, -0.25) is 14.4 Å². The van der Waals surface area contributed by atoms with Gasteiger partial charge in [-0.1, -0.05) is 48.1 Å². The van der Waals surface area contributed by atoms with Gasteiger partial charge in [-0.15, -0.1) is 0 Å². The van der Waals surface area contributed by atoms with E-state index in [2.05, 4.69) is 16.0 Å². The summed E-state index contributed by atoms with van der Waals surface area (Å²) in [5, 5.41) is 45.5. The van der Waals surface area contributed by atoms with Gasteiger partial charge in [0, 0.05) is 91.2 Å². The Bertz CT molecular complexity index is 4320. The molecule has 6 aromatic carbocycles. The van der Waals surface area contributed by atoms with E-state index in [0.29, 0.717) is 64.8 Å². The molecular formula is C60H53ClF6N6O13S3. The second-order valence-electron chi connectivity index (χ2n) is 21.6. The SMILES string of the molecule is O=C(Nc1cc(F)c(F)c(F)c1)c1cc(S(=O)(=O)N2CC(O)C2)cc2c1C=CC2.O=C(Nc1ccc(F)c(Cl)c1)c1cc(S(=O)(=O)N2CCC(O)(CO)CC2)cc2c1C=CC2.O=C(Nc1ccc(F)c(F)c1)c1cc(S(=O)(=O)N2CC(O)C2)cc2c1C=CC2. The van der Waals surface area contributed by atoms with Gasteiger partial charge in [-0.25, -0.2) is 51.6 Å². The van der Waals surface area contributed by atoms with E-state index in [-0.39, 0.29) is 106 Å². The van der Waals surface area contributed by atoms with Crippen LogP contribution in [0.15, 0.2) is 118 Å².